The van der Waals surface area contributed by atoms with Crippen molar-refractivity contribution in [3.63, 3.8) is 0 Å². The highest BCUT2D eigenvalue weighted by Gasteiger charge is 2.26. The number of rotatable bonds is 3. The molecule has 1 atom stereocenters. The van der Waals surface area contributed by atoms with Gasteiger partial charge in [-0.05, 0) is 62.6 Å². The van der Waals surface area contributed by atoms with Gasteiger partial charge in [0.1, 0.15) is 0 Å². The van der Waals surface area contributed by atoms with E-state index in [9.17, 15) is 0 Å². The van der Waals surface area contributed by atoms with E-state index < -0.39 is 0 Å². The molecule has 2 fully saturated rings. The smallest absolute Gasteiger partial charge is 0.000966 e. The summed E-state index contributed by atoms with van der Waals surface area (Å²) in [7, 11) is 0. The Balaban J connectivity index is 1.58. The average Bonchev–Trinajstić information content (AvgIpc) is 3.18. The standard InChI is InChI=1S/C16H23N/c1-2-5-15(6-3-1)16-7-4-11-17(12-10-16)13-14-8-9-14/h1-3,5-6,14,16H,4,7-13H2. The third-order valence-electron chi connectivity index (χ3n) is 4.31. The third-order valence-corrected chi connectivity index (χ3v) is 4.31. The van der Waals surface area contributed by atoms with Gasteiger partial charge in [0.05, 0.1) is 0 Å². The number of likely N-dealkylation sites (tertiary alicyclic amines) is 1. The van der Waals surface area contributed by atoms with E-state index in [1.807, 2.05) is 0 Å². The molecule has 17 heavy (non-hydrogen) atoms. The van der Waals surface area contributed by atoms with E-state index in [1.54, 1.807) is 5.56 Å². The van der Waals surface area contributed by atoms with Gasteiger partial charge in [-0.15, -0.1) is 0 Å². The molecule has 1 unspecified atom stereocenters. The van der Waals surface area contributed by atoms with Crippen LogP contribution < -0.4 is 0 Å². The van der Waals surface area contributed by atoms with Crippen molar-refractivity contribution in [2.45, 2.75) is 38.0 Å². The second-order valence-electron chi connectivity index (χ2n) is 5.78. The molecule has 2 aliphatic rings. The van der Waals surface area contributed by atoms with Gasteiger partial charge in [0, 0.05) is 6.54 Å². The van der Waals surface area contributed by atoms with Gasteiger partial charge in [0.2, 0.25) is 0 Å². The van der Waals surface area contributed by atoms with Crippen molar-refractivity contribution in [3.8, 4) is 0 Å². The molecule has 1 aliphatic carbocycles. The minimum Gasteiger partial charge on any atom is -0.303 e. The maximum atomic E-state index is 2.71. The average molecular weight is 229 g/mol. The first-order valence-electron chi connectivity index (χ1n) is 7.19. The lowest BCUT2D eigenvalue weighted by molar-refractivity contribution is 0.272. The van der Waals surface area contributed by atoms with Crippen LogP contribution in [0.2, 0.25) is 0 Å². The Bertz CT molecular complexity index is 342. The third kappa shape index (κ3) is 3.10. The minimum atomic E-state index is 0.806. The van der Waals surface area contributed by atoms with E-state index in [4.69, 9.17) is 0 Å². The number of hydrogen-bond acceptors (Lipinski definition) is 1. The van der Waals surface area contributed by atoms with E-state index in [0.717, 1.165) is 11.8 Å². The Hall–Kier alpha value is -0.820. The van der Waals surface area contributed by atoms with Crippen molar-refractivity contribution in [3.05, 3.63) is 35.9 Å². The predicted octanol–water partition coefficient (Wildman–Crippen LogP) is 3.67. The van der Waals surface area contributed by atoms with Gasteiger partial charge in [-0.3, -0.25) is 0 Å². The summed E-state index contributed by atoms with van der Waals surface area (Å²) in [6.45, 7) is 4.03. The van der Waals surface area contributed by atoms with Crippen LogP contribution in [0.4, 0.5) is 0 Å². The zero-order chi connectivity index (χ0) is 11.5. The molecule has 0 radical (unpaired) electrons. The van der Waals surface area contributed by atoms with Crippen LogP contribution in [-0.4, -0.2) is 24.5 Å². The fraction of sp³-hybridized carbons (Fsp3) is 0.625. The summed E-state index contributed by atoms with van der Waals surface area (Å²) < 4.78 is 0. The first-order valence-corrected chi connectivity index (χ1v) is 7.19. The van der Waals surface area contributed by atoms with Crippen molar-refractivity contribution in [2.75, 3.05) is 19.6 Å². The first kappa shape index (κ1) is 11.3. The van der Waals surface area contributed by atoms with Crippen LogP contribution in [0.5, 0.6) is 0 Å². The topological polar surface area (TPSA) is 3.24 Å². The highest BCUT2D eigenvalue weighted by Crippen LogP contribution is 2.32. The first-order chi connectivity index (χ1) is 8.42. The van der Waals surface area contributed by atoms with E-state index in [-0.39, 0.29) is 0 Å². The van der Waals surface area contributed by atoms with Crippen molar-refractivity contribution in [1.82, 2.24) is 4.90 Å². The lowest BCUT2D eigenvalue weighted by atomic mass is 9.92. The molecule has 1 saturated carbocycles. The maximum Gasteiger partial charge on any atom is 0.000966 e. The zero-order valence-corrected chi connectivity index (χ0v) is 10.6. The highest BCUT2D eigenvalue weighted by atomic mass is 15.1. The van der Waals surface area contributed by atoms with Crippen LogP contribution in [-0.2, 0) is 0 Å². The second kappa shape index (κ2) is 5.22. The Labute approximate surface area is 105 Å². The van der Waals surface area contributed by atoms with Crippen LogP contribution in [0.1, 0.15) is 43.6 Å². The number of hydrogen-bond donors (Lipinski definition) is 0. The van der Waals surface area contributed by atoms with Gasteiger partial charge < -0.3 is 4.90 Å². The predicted molar refractivity (Wildman–Crippen MR) is 72.2 cm³/mol. The van der Waals surface area contributed by atoms with Gasteiger partial charge in [0.15, 0.2) is 0 Å². The zero-order valence-electron chi connectivity index (χ0n) is 10.6. The van der Waals surface area contributed by atoms with E-state index >= 15 is 0 Å². The largest absolute Gasteiger partial charge is 0.303 e. The molecule has 1 aliphatic heterocycles. The maximum absolute atomic E-state index is 2.71. The molecule has 92 valence electrons. The van der Waals surface area contributed by atoms with Crippen molar-refractivity contribution >= 4 is 0 Å². The summed E-state index contributed by atoms with van der Waals surface area (Å²) in [4.78, 5) is 2.71. The molecule has 0 N–H and O–H groups in total. The van der Waals surface area contributed by atoms with Gasteiger partial charge in [-0.2, -0.15) is 0 Å². The molecule has 1 aromatic carbocycles. The van der Waals surface area contributed by atoms with E-state index in [2.05, 4.69) is 35.2 Å². The molecule has 1 heteroatoms. The van der Waals surface area contributed by atoms with E-state index in [0.29, 0.717) is 0 Å². The van der Waals surface area contributed by atoms with Crippen LogP contribution in [0.3, 0.4) is 0 Å². The Kier molecular flexibility index (Phi) is 3.46. The molecule has 0 bridgehead atoms. The van der Waals surface area contributed by atoms with Crippen LogP contribution in [0, 0.1) is 5.92 Å². The molecule has 0 amide bonds. The van der Waals surface area contributed by atoms with Gasteiger partial charge in [-0.25, -0.2) is 0 Å². The quantitative estimate of drug-likeness (QED) is 0.764. The van der Waals surface area contributed by atoms with Crippen LogP contribution in [0.25, 0.3) is 0 Å². The van der Waals surface area contributed by atoms with Gasteiger partial charge in [-0.1, -0.05) is 30.3 Å². The number of nitrogens with zero attached hydrogens (tertiary/aromatic N) is 1. The Morgan fingerprint density at radius 1 is 0.941 bits per heavy atom. The van der Waals surface area contributed by atoms with Crippen molar-refractivity contribution in [1.29, 1.82) is 0 Å². The molecule has 0 spiro atoms. The lowest BCUT2D eigenvalue weighted by Crippen LogP contribution is -2.26. The molecule has 1 saturated heterocycles. The molecular formula is C16H23N. The minimum absolute atomic E-state index is 0.806. The second-order valence-corrected chi connectivity index (χ2v) is 5.78. The molecule has 3 rings (SSSR count). The lowest BCUT2D eigenvalue weighted by Gasteiger charge is -2.19. The molecule has 1 heterocycles. The SMILES string of the molecule is c1ccc(C2CCCN(CC3CC3)CC2)cc1. The van der Waals surface area contributed by atoms with Gasteiger partial charge in [0.25, 0.3) is 0 Å². The summed E-state index contributed by atoms with van der Waals surface area (Å²) >= 11 is 0. The monoisotopic (exact) mass is 229 g/mol. The van der Waals surface area contributed by atoms with Gasteiger partial charge >= 0.3 is 0 Å². The van der Waals surface area contributed by atoms with Crippen LogP contribution in [0.15, 0.2) is 30.3 Å². The summed E-state index contributed by atoms with van der Waals surface area (Å²) in [6, 6.07) is 11.1. The highest BCUT2D eigenvalue weighted by molar-refractivity contribution is 5.19. The Morgan fingerprint density at radius 2 is 1.76 bits per heavy atom. The normalized spacial score (nSPS) is 26.7. The summed E-state index contributed by atoms with van der Waals surface area (Å²) in [5.41, 5.74) is 1.56. The fourth-order valence-corrected chi connectivity index (χ4v) is 3.06. The molecule has 1 aromatic rings. The molecule has 1 nitrogen and oxygen atoms in total. The molecular weight excluding hydrogens is 206 g/mol. The summed E-state index contributed by atoms with van der Waals surface area (Å²) in [5.74, 6) is 1.85. The summed E-state index contributed by atoms with van der Waals surface area (Å²) in [6.07, 6.45) is 7.09. The van der Waals surface area contributed by atoms with Crippen molar-refractivity contribution in [2.24, 2.45) is 5.92 Å². The fourth-order valence-electron chi connectivity index (χ4n) is 3.06. The molecule has 0 aromatic heterocycles. The van der Waals surface area contributed by atoms with Crippen molar-refractivity contribution < 1.29 is 0 Å². The van der Waals surface area contributed by atoms with Crippen LogP contribution >= 0.6 is 0 Å². The summed E-state index contributed by atoms with van der Waals surface area (Å²) in [5, 5.41) is 0. The van der Waals surface area contributed by atoms with E-state index in [1.165, 1.54) is 51.7 Å². The Morgan fingerprint density at radius 3 is 2.53 bits per heavy atom. The number of benzene rings is 1.